The molecule has 0 amide bonds. The third kappa shape index (κ3) is 3.98. The van der Waals surface area contributed by atoms with Crippen LogP contribution >= 0.6 is 0 Å². The molecular formula is C44H36. The maximum absolute atomic E-state index is 2.44. The summed E-state index contributed by atoms with van der Waals surface area (Å²) >= 11 is 0. The molecule has 0 saturated heterocycles. The van der Waals surface area contributed by atoms with E-state index in [0.717, 1.165) is 0 Å². The summed E-state index contributed by atoms with van der Waals surface area (Å²) in [6.45, 7) is 9.74. The molecule has 0 fully saturated rings. The minimum absolute atomic E-state index is 0.134. The number of rotatable bonds is 4. The summed E-state index contributed by atoms with van der Waals surface area (Å²) in [5.41, 5.74) is 16.1. The number of hydrogen-bond donors (Lipinski definition) is 0. The number of benzene rings is 6. The van der Waals surface area contributed by atoms with Gasteiger partial charge < -0.3 is 0 Å². The summed E-state index contributed by atoms with van der Waals surface area (Å²) in [6, 6.07) is 44.4. The maximum atomic E-state index is 2.44. The van der Waals surface area contributed by atoms with Crippen molar-refractivity contribution in [3.63, 3.8) is 0 Å². The highest BCUT2D eigenvalue weighted by molar-refractivity contribution is 6.13. The molecule has 212 valence electrons. The molecule has 0 unspecified atom stereocenters. The van der Waals surface area contributed by atoms with Crippen LogP contribution in [0.15, 0.2) is 121 Å². The Morgan fingerprint density at radius 3 is 1.16 bits per heavy atom. The van der Waals surface area contributed by atoms with E-state index >= 15 is 0 Å². The maximum Gasteiger partial charge on any atom is 0.0162 e. The molecule has 2 aliphatic rings. The van der Waals surface area contributed by atoms with E-state index in [2.05, 4.69) is 173 Å². The Bertz CT molecular complexity index is 1980. The Hall–Kier alpha value is -4.94. The third-order valence-corrected chi connectivity index (χ3v) is 9.97. The quantitative estimate of drug-likeness (QED) is 0.187. The molecular weight excluding hydrogens is 528 g/mol. The fourth-order valence-corrected chi connectivity index (χ4v) is 7.83. The van der Waals surface area contributed by atoms with Crippen molar-refractivity contribution in [2.75, 3.05) is 0 Å². The number of hydrogen-bond acceptors (Lipinski definition) is 0. The summed E-state index contributed by atoms with van der Waals surface area (Å²) in [4.78, 5) is 0. The second-order valence-corrected chi connectivity index (χ2v) is 13.4. The molecule has 0 saturated carbocycles. The van der Waals surface area contributed by atoms with Gasteiger partial charge in [-0.05, 0) is 77.5 Å². The molecule has 2 aliphatic carbocycles. The molecule has 0 aromatic heterocycles. The zero-order valence-corrected chi connectivity index (χ0v) is 25.9. The first kappa shape index (κ1) is 26.7. The molecule has 0 heterocycles. The molecule has 0 atom stereocenters. The van der Waals surface area contributed by atoms with Gasteiger partial charge in [-0.15, -0.1) is 0 Å². The normalized spacial score (nSPS) is 15.5. The Morgan fingerprint density at radius 2 is 0.750 bits per heavy atom. The van der Waals surface area contributed by atoms with Crippen LogP contribution in [0.3, 0.4) is 0 Å². The summed E-state index contributed by atoms with van der Waals surface area (Å²) in [5.74, 6) is 0. The summed E-state index contributed by atoms with van der Waals surface area (Å²) in [5, 5.41) is 2.72. The van der Waals surface area contributed by atoms with E-state index in [1.54, 1.807) is 0 Å². The Kier molecular flexibility index (Phi) is 5.94. The zero-order chi connectivity index (χ0) is 30.1. The van der Waals surface area contributed by atoms with Crippen LogP contribution in [0.2, 0.25) is 0 Å². The van der Waals surface area contributed by atoms with Crippen molar-refractivity contribution in [2.24, 2.45) is 0 Å². The van der Waals surface area contributed by atoms with Crippen LogP contribution in [-0.2, 0) is 10.8 Å². The van der Waals surface area contributed by atoms with E-state index in [9.17, 15) is 0 Å². The van der Waals surface area contributed by atoms with Crippen molar-refractivity contribution in [1.29, 1.82) is 0 Å². The molecule has 6 aromatic carbocycles. The number of fused-ring (bicyclic) bond motifs is 10. The molecule has 0 aliphatic heterocycles. The highest BCUT2D eigenvalue weighted by Crippen LogP contribution is 2.62. The molecule has 0 heteroatoms. The topological polar surface area (TPSA) is 0 Å². The molecule has 0 N–H and O–H groups in total. The fourth-order valence-electron chi connectivity index (χ4n) is 7.83. The standard InChI is InChI=1S/C44H36/c1-43(2)37-27-31(21-19-29-13-7-5-8-14-29)23-25-35(37)39-33-17-11-12-18-34(33)40-36-26-24-32(22-20-30-15-9-6-10-16-30)28-38(36)44(3,4)42(40)41(39)43/h5-28H,1-4H3. The molecule has 0 bridgehead atoms. The smallest absolute Gasteiger partial charge is 0.0162 e. The predicted molar refractivity (Wildman–Crippen MR) is 190 cm³/mol. The molecule has 0 radical (unpaired) electrons. The van der Waals surface area contributed by atoms with Gasteiger partial charge in [0, 0.05) is 10.8 Å². The van der Waals surface area contributed by atoms with Crippen molar-refractivity contribution < 1.29 is 0 Å². The van der Waals surface area contributed by atoms with Crippen LogP contribution in [0.5, 0.6) is 0 Å². The molecule has 44 heavy (non-hydrogen) atoms. The van der Waals surface area contributed by atoms with E-state index in [1.165, 1.54) is 77.5 Å². The van der Waals surface area contributed by atoms with Crippen LogP contribution in [0.1, 0.15) is 72.2 Å². The highest BCUT2D eigenvalue weighted by atomic mass is 14.5. The van der Waals surface area contributed by atoms with Gasteiger partial charge in [-0.1, -0.05) is 173 Å². The summed E-state index contributed by atoms with van der Waals surface area (Å²) in [6.07, 6.45) is 8.93. The van der Waals surface area contributed by atoms with Gasteiger partial charge in [0.15, 0.2) is 0 Å². The minimum atomic E-state index is -0.134. The first-order valence-electron chi connectivity index (χ1n) is 15.7. The Labute approximate surface area is 261 Å². The average Bonchev–Trinajstić information content (AvgIpc) is 3.43. The van der Waals surface area contributed by atoms with Crippen LogP contribution in [0.25, 0.3) is 57.3 Å². The van der Waals surface area contributed by atoms with Crippen molar-refractivity contribution in [3.05, 3.63) is 166 Å². The monoisotopic (exact) mass is 564 g/mol. The van der Waals surface area contributed by atoms with Crippen LogP contribution in [0.4, 0.5) is 0 Å². The lowest BCUT2D eigenvalue weighted by Crippen LogP contribution is -2.24. The lowest BCUT2D eigenvalue weighted by Gasteiger charge is -2.31. The van der Waals surface area contributed by atoms with Gasteiger partial charge in [-0.25, -0.2) is 0 Å². The van der Waals surface area contributed by atoms with Gasteiger partial charge in [-0.2, -0.15) is 0 Å². The third-order valence-electron chi connectivity index (χ3n) is 9.97. The van der Waals surface area contributed by atoms with Crippen LogP contribution in [0, 0.1) is 0 Å². The minimum Gasteiger partial charge on any atom is -0.0622 e. The fraction of sp³-hybridized carbons (Fsp3) is 0.136. The predicted octanol–water partition coefficient (Wildman–Crippen LogP) is 11.8. The van der Waals surface area contributed by atoms with E-state index in [1.807, 2.05) is 0 Å². The highest BCUT2D eigenvalue weighted by Gasteiger charge is 2.47. The Morgan fingerprint density at radius 1 is 0.386 bits per heavy atom. The lowest BCUT2D eigenvalue weighted by molar-refractivity contribution is 0.601. The first-order valence-corrected chi connectivity index (χ1v) is 15.7. The second kappa shape index (κ2) is 9.79. The van der Waals surface area contributed by atoms with Crippen molar-refractivity contribution in [2.45, 2.75) is 38.5 Å². The van der Waals surface area contributed by atoms with E-state index in [-0.39, 0.29) is 10.8 Å². The summed E-state index contributed by atoms with van der Waals surface area (Å²) < 4.78 is 0. The Balaban J connectivity index is 1.31. The van der Waals surface area contributed by atoms with Crippen molar-refractivity contribution in [3.8, 4) is 22.3 Å². The van der Waals surface area contributed by atoms with Gasteiger partial charge in [0.25, 0.3) is 0 Å². The van der Waals surface area contributed by atoms with Gasteiger partial charge in [0.1, 0.15) is 0 Å². The average molecular weight is 565 g/mol. The zero-order valence-electron chi connectivity index (χ0n) is 25.9. The lowest BCUT2D eigenvalue weighted by atomic mass is 9.71. The van der Waals surface area contributed by atoms with Crippen LogP contribution < -0.4 is 0 Å². The van der Waals surface area contributed by atoms with Gasteiger partial charge in [-0.3, -0.25) is 0 Å². The van der Waals surface area contributed by atoms with Crippen molar-refractivity contribution >= 4 is 35.1 Å². The van der Waals surface area contributed by atoms with Crippen molar-refractivity contribution in [1.82, 2.24) is 0 Å². The van der Waals surface area contributed by atoms with Crippen LogP contribution in [-0.4, -0.2) is 0 Å². The van der Waals surface area contributed by atoms with E-state index in [4.69, 9.17) is 0 Å². The molecule has 0 nitrogen and oxygen atoms in total. The van der Waals surface area contributed by atoms with E-state index < -0.39 is 0 Å². The molecule has 8 rings (SSSR count). The first-order chi connectivity index (χ1) is 21.3. The summed E-state index contributed by atoms with van der Waals surface area (Å²) in [7, 11) is 0. The largest absolute Gasteiger partial charge is 0.0622 e. The van der Waals surface area contributed by atoms with Gasteiger partial charge >= 0.3 is 0 Å². The molecule has 0 spiro atoms. The SMILES string of the molecule is CC1(C)c2cc(C=Cc3ccccc3)ccc2-c2c1c1c(c3ccccc23)-c2ccc(C=Cc3ccccc3)cc2C1(C)C. The van der Waals surface area contributed by atoms with Gasteiger partial charge in [0.05, 0.1) is 0 Å². The van der Waals surface area contributed by atoms with E-state index in [0.29, 0.717) is 0 Å². The van der Waals surface area contributed by atoms with Gasteiger partial charge in [0.2, 0.25) is 0 Å². The second-order valence-electron chi connectivity index (χ2n) is 13.4. The molecule has 6 aromatic rings.